The van der Waals surface area contributed by atoms with E-state index in [1.54, 1.807) is 6.07 Å². The molecule has 0 aliphatic rings. The summed E-state index contributed by atoms with van der Waals surface area (Å²) in [5.41, 5.74) is 7.18. The van der Waals surface area contributed by atoms with Gasteiger partial charge in [-0.2, -0.15) is 13.2 Å². The normalized spacial score (nSPS) is 11.6. The number of aromatic nitrogens is 1. The number of aromatic amines is 1. The first-order chi connectivity index (χ1) is 14.8. The molecule has 3 aromatic carbocycles. The van der Waals surface area contributed by atoms with Crippen molar-refractivity contribution in [3.8, 4) is 0 Å². The van der Waals surface area contributed by atoms with Crippen molar-refractivity contribution in [3.05, 3.63) is 89.6 Å². The first-order valence-corrected chi connectivity index (χ1v) is 10.2. The zero-order chi connectivity index (χ0) is 22.0. The van der Waals surface area contributed by atoms with Crippen molar-refractivity contribution in [2.24, 2.45) is 5.73 Å². The van der Waals surface area contributed by atoms with Crippen molar-refractivity contribution in [1.29, 1.82) is 0 Å². The maximum Gasteiger partial charge on any atom is 0.416 e. The Balaban J connectivity index is 1.63. The standard InChI is InChI=1S/C23H18F3N3OS/c24-23(25,26)15-5-4-6-16(12-15)28-13-14-9-10-19-18(11-14)21(20(29-19)22(27)30)31-17-7-2-1-3-8-17/h1-12,28-29H,13H2,(H2,27,30). The maximum atomic E-state index is 12.9. The minimum atomic E-state index is -4.39. The average Bonchev–Trinajstić information content (AvgIpc) is 3.11. The molecule has 4 aromatic rings. The number of primary amides is 1. The summed E-state index contributed by atoms with van der Waals surface area (Å²) in [6.07, 6.45) is -4.39. The fraction of sp³-hybridized carbons (Fsp3) is 0.0870. The molecular weight excluding hydrogens is 423 g/mol. The van der Waals surface area contributed by atoms with Crippen LogP contribution in [0.3, 0.4) is 0 Å². The third-order valence-corrected chi connectivity index (χ3v) is 5.85. The predicted molar refractivity (Wildman–Crippen MR) is 116 cm³/mol. The first-order valence-electron chi connectivity index (χ1n) is 9.40. The highest BCUT2D eigenvalue weighted by molar-refractivity contribution is 7.99. The number of carbonyl (C=O) groups excluding carboxylic acids is 1. The van der Waals surface area contributed by atoms with E-state index in [2.05, 4.69) is 10.3 Å². The minimum absolute atomic E-state index is 0.323. The second-order valence-electron chi connectivity index (χ2n) is 6.92. The second kappa shape index (κ2) is 8.39. The lowest BCUT2D eigenvalue weighted by Gasteiger charge is -2.11. The number of nitrogens with one attached hydrogen (secondary N) is 2. The van der Waals surface area contributed by atoms with Gasteiger partial charge in [0.2, 0.25) is 0 Å². The molecule has 0 spiro atoms. The third kappa shape index (κ3) is 4.69. The number of amides is 1. The van der Waals surface area contributed by atoms with Gasteiger partial charge >= 0.3 is 6.18 Å². The number of benzene rings is 3. The molecule has 8 heteroatoms. The zero-order valence-electron chi connectivity index (χ0n) is 16.2. The number of nitrogens with two attached hydrogens (primary N) is 1. The number of alkyl halides is 3. The Bertz CT molecular complexity index is 1240. The van der Waals surface area contributed by atoms with Crippen molar-refractivity contribution in [3.63, 3.8) is 0 Å². The van der Waals surface area contributed by atoms with Crippen molar-refractivity contribution in [2.75, 3.05) is 5.32 Å². The molecule has 1 amide bonds. The van der Waals surface area contributed by atoms with Gasteiger partial charge in [-0.05, 0) is 48.0 Å². The highest BCUT2D eigenvalue weighted by Crippen LogP contribution is 2.37. The lowest BCUT2D eigenvalue weighted by Crippen LogP contribution is -2.12. The second-order valence-corrected chi connectivity index (χ2v) is 8.00. The molecule has 0 saturated carbocycles. The van der Waals surface area contributed by atoms with Crippen LogP contribution in [0, 0.1) is 0 Å². The lowest BCUT2D eigenvalue weighted by molar-refractivity contribution is -0.137. The molecule has 1 aromatic heterocycles. The van der Waals surface area contributed by atoms with E-state index >= 15 is 0 Å². The number of fused-ring (bicyclic) bond motifs is 1. The Labute approximate surface area is 180 Å². The molecule has 0 saturated heterocycles. The van der Waals surface area contributed by atoms with Crippen molar-refractivity contribution < 1.29 is 18.0 Å². The van der Waals surface area contributed by atoms with Gasteiger partial charge in [0.15, 0.2) is 0 Å². The largest absolute Gasteiger partial charge is 0.416 e. The molecule has 158 valence electrons. The van der Waals surface area contributed by atoms with E-state index in [9.17, 15) is 18.0 Å². The summed E-state index contributed by atoms with van der Waals surface area (Å²) < 4.78 is 38.8. The minimum Gasteiger partial charge on any atom is -0.381 e. The van der Waals surface area contributed by atoms with E-state index in [0.29, 0.717) is 17.9 Å². The fourth-order valence-electron chi connectivity index (χ4n) is 3.22. The van der Waals surface area contributed by atoms with Crippen LogP contribution in [0.4, 0.5) is 18.9 Å². The van der Waals surface area contributed by atoms with Gasteiger partial charge in [-0.3, -0.25) is 4.79 Å². The van der Waals surface area contributed by atoms with Crippen molar-refractivity contribution in [1.82, 2.24) is 4.98 Å². The van der Waals surface area contributed by atoms with Crippen molar-refractivity contribution >= 4 is 34.3 Å². The smallest absolute Gasteiger partial charge is 0.381 e. The van der Waals surface area contributed by atoms with Gasteiger partial charge in [0, 0.05) is 28.0 Å². The third-order valence-electron chi connectivity index (χ3n) is 4.71. The molecule has 0 aliphatic carbocycles. The number of carbonyl (C=O) groups is 1. The quantitative estimate of drug-likeness (QED) is 0.341. The Kier molecular flexibility index (Phi) is 5.65. The fourth-order valence-corrected chi connectivity index (χ4v) is 4.28. The Morgan fingerprint density at radius 1 is 1.00 bits per heavy atom. The SMILES string of the molecule is NC(=O)c1[nH]c2ccc(CNc3cccc(C(F)(F)F)c3)cc2c1Sc1ccccc1. The van der Waals surface area contributed by atoms with Gasteiger partial charge in [0.25, 0.3) is 5.91 Å². The van der Waals surface area contributed by atoms with Gasteiger partial charge < -0.3 is 16.0 Å². The van der Waals surface area contributed by atoms with Crippen LogP contribution in [-0.4, -0.2) is 10.9 Å². The molecule has 0 aliphatic heterocycles. The summed E-state index contributed by atoms with van der Waals surface area (Å²) in [5.74, 6) is -0.557. The van der Waals surface area contributed by atoms with Crippen LogP contribution in [0.2, 0.25) is 0 Å². The summed E-state index contributed by atoms with van der Waals surface area (Å²) in [7, 11) is 0. The monoisotopic (exact) mass is 441 g/mol. The highest BCUT2D eigenvalue weighted by atomic mass is 32.2. The molecule has 0 radical (unpaired) electrons. The molecule has 1 heterocycles. The Morgan fingerprint density at radius 2 is 1.77 bits per heavy atom. The van der Waals surface area contributed by atoms with Crippen molar-refractivity contribution in [2.45, 2.75) is 22.5 Å². The topological polar surface area (TPSA) is 70.9 Å². The lowest BCUT2D eigenvalue weighted by atomic mass is 10.1. The van der Waals surface area contributed by atoms with Crippen LogP contribution in [0.15, 0.2) is 82.6 Å². The summed E-state index contributed by atoms with van der Waals surface area (Å²) in [5, 5.41) is 3.85. The summed E-state index contributed by atoms with van der Waals surface area (Å²) >= 11 is 1.43. The zero-order valence-corrected chi connectivity index (χ0v) is 17.0. The summed E-state index contributed by atoms with van der Waals surface area (Å²) in [4.78, 5) is 16.7. The molecule has 31 heavy (non-hydrogen) atoms. The van der Waals surface area contributed by atoms with Gasteiger partial charge in [0.1, 0.15) is 5.69 Å². The predicted octanol–water partition coefficient (Wildman–Crippen LogP) is 6.05. The summed E-state index contributed by atoms with van der Waals surface area (Å²) in [6.45, 7) is 0.323. The molecule has 0 fully saturated rings. The van der Waals surface area contributed by atoms with Crippen LogP contribution in [-0.2, 0) is 12.7 Å². The first kappa shape index (κ1) is 20.9. The number of H-pyrrole nitrogens is 1. The van der Waals surface area contributed by atoms with Gasteiger partial charge in [0.05, 0.1) is 10.5 Å². The Hall–Kier alpha value is -3.39. The van der Waals surface area contributed by atoms with Gasteiger partial charge in [-0.15, -0.1) is 0 Å². The molecule has 4 nitrogen and oxygen atoms in total. The number of rotatable bonds is 6. The highest BCUT2D eigenvalue weighted by Gasteiger charge is 2.30. The molecule has 4 rings (SSSR count). The van der Waals surface area contributed by atoms with E-state index in [1.165, 1.54) is 17.8 Å². The van der Waals surface area contributed by atoms with Crippen LogP contribution >= 0.6 is 11.8 Å². The molecule has 0 unspecified atom stereocenters. The molecule has 0 atom stereocenters. The number of hydrogen-bond acceptors (Lipinski definition) is 3. The average molecular weight is 441 g/mol. The molecular formula is C23H18F3N3OS. The summed E-state index contributed by atoms with van der Waals surface area (Å²) in [6, 6.07) is 20.3. The van der Waals surface area contributed by atoms with E-state index in [-0.39, 0.29) is 0 Å². The van der Waals surface area contributed by atoms with E-state index < -0.39 is 17.6 Å². The molecule has 0 bridgehead atoms. The maximum absolute atomic E-state index is 12.9. The van der Waals surface area contributed by atoms with Gasteiger partial charge in [-0.1, -0.05) is 42.1 Å². The van der Waals surface area contributed by atoms with Crippen LogP contribution < -0.4 is 11.1 Å². The van der Waals surface area contributed by atoms with Crippen LogP contribution in [0.1, 0.15) is 21.6 Å². The Morgan fingerprint density at radius 3 is 2.48 bits per heavy atom. The molecule has 4 N–H and O–H groups in total. The number of hydrogen-bond donors (Lipinski definition) is 3. The van der Waals surface area contributed by atoms with Crippen LogP contribution in [0.5, 0.6) is 0 Å². The van der Waals surface area contributed by atoms with Gasteiger partial charge in [-0.25, -0.2) is 0 Å². The number of halogens is 3. The van der Waals surface area contributed by atoms with E-state index in [1.807, 2.05) is 48.5 Å². The van der Waals surface area contributed by atoms with E-state index in [4.69, 9.17) is 5.73 Å². The number of anilines is 1. The van der Waals surface area contributed by atoms with E-state index in [0.717, 1.165) is 38.4 Å². The van der Waals surface area contributed by atoms with Crippen LogP contribution in [0.25, 0.3) is 10.9 Å².